The number of rotatable bonds is 3. The van der Waals surface area contributed by atoms with Crippen LogP contribution in [-0.2, 0) is 10.0 Å². The zero-order valence-electron chi connectivity index (χ0n) is 8.77. The molecule has 2 rings (SSSR count). The van der Waals surface area contributed by atoms with Gasteiger partial charge in [-0.05, 0) is 25.0 Å². The van der Waals surface area contributed by atoms with Gasteiger partial charge < -0.3 is 0 Å². The SMILES string of the molecule is O=S(=O)(NC1CCCC1Cl)c1ccccc1. The fraction of sp³-hybridized carbons (Fsp3) is 0.455. The molecule has 16 heavy (non-hydrogen) atoms. The van der Waals surface area contributed by atoms with Gasteiger partial charge in [-0.2, -0.15) is 0 Å². The molecule has 1 fully saturated rings. The van der Waals surface area contributed by atoms with E-state index < -0.39 is 10.0 Å². The molecule has 1 aromatic carbocycles. The standard InChI is InChI=1S/C11H14ClNO2S/c12-10-7-4-8-11(10)13-16(14,15)9-5-2-1-3-6-9/h1-3,5-6,10-11,13H,4,7-8H2. The van der Waals surface area contributed by atoms with Crippen LogP contribution in [0.4, 0.5) is 0 Å². The zero-order chi connectivity index (χ0) is 11.6. The molecule has 1 N–H and O–H groups in total. The number of nitrogens with one attached hydrogen (secondary N) is 1. The minimum Gasteiger partial charge on any atom is -0.207 e. The average molecular weight is 260 g/mol. The summed E-state index contributed by atoms with van der Waals surface area (Å²) in [5, 5.41) is -0.0847. The van der Waals surface area contributed by atoms with Gasteiger partial charge in [0.1, 0.15) is 0 Å². The van der Waals surface area contributed by atoms with Crippen LogP contribution < -0.4 is 4.72 Å². The second-order valence-electron chi connectivity index (χ2n) is 3.99. The van der Waals surface area contributed by atoms with Crippen LogP contribution in [-0.4, -0.2) is 19.8 Å². The molecule has 0 aromatic heterocycles. The molecule has 1 aliphatic carbocycles. The Morgan fingerprint density at radius 2 is 1.88 bits per heavy atom. The fourth-order valence-electron chi connectivity index (χ4n) is 1.91. The molecule has 88 valence electrons. The van der Waals surface area contributed by atoms with Crippen LogP contribution in [0.1, 0.15) is 19.3 Å². The van der Waals surface area contributed by atoms with Gasteiger partial charge >= 0.3 is 0 Å². The van der Waals surface area contributed by atoms with Gasteiger partial charge in [0.05, 0.1) is 4.90 Å². The van der Waals surface area contributed by atoms with Crippen molar-refractivity contribution in [1.82, 2.24) is 4.72 Å². The molecule has 0 amide bonds. The molecule has 1 aliphatic rings. The Kier molecular flexibility index (Phi) is 3.52. The zero-order valence-corrected chi connectivity index (χ0v) is 10.3. The van der Waals surface area contributed by atoms with Crippen molar-refractivity contribution in [3.63, 3.8) is 0 Å². The third-order valence-corrected chi connectivity index (χ3v) is 4.82. The van der Waals surface area contributed by atoms with Crippen molar-refractivity contribution in [3.8, 4) is 0 Å². The van der Waals surface area contributed by atoms with E-state index in [9.17, 15) is 8.42 Å². The van der Waals surface area contributed by atoms with Crippen LogP contribution in [0.3, 0.4) is 0 Å². The average Bonchev–Trinajstić information content (AvgIpc) is 2.65. The Bertz CT molecular complexity index is 446. The number of halogens is 1. The predicted molar refractivity (Wildman–Crippen MR) is 64.0 cm³/mol. The molecule has 0 saturated heterocycles. The van der Waals surface area contributed by atoms with Gasteiger partial charge in [-0.15, -0.1) is 11.6 Å². The van der Waals surface area contributed by atoms with Crippen LogP contribution in [0.5, 0.6) is 0 Å². The van der Waals surface area contributed by atoms with Crippen molar-refractivity contribution in [2.45, 2.75) is 35.6 Å². The first kappa shape index (κ1) is 11.9. The summed E-state index contributed by atoms with van der Waals surface area (Å²) < 4.78 is 26.6. The quantitative estimate of drug-likeness (QED) is 0.846. The summed E-state index contributed by atoms with van der Waals surface area (Å²) >= 11 is 6.04. The Morgan fingerprint density at radius 1 is 1.19 bits per heavy atom. The maximum absolute atomic E-state index is 12.0. The van der Waals surface area contributed by atoms with Crippen LogP contribution in [0.2, 0.25) is 0 Å². The summed E-state index contributed by atoms with van der Waals surface area (Å²) in [6.07, 6.45) is 2.68. The Labute approximate surface area is 101 Å². The van der Waals surface area contributed by atoms with Crippen molar-refractivity contribution in [3.05, 3.63) is 30.3 Å². The van der Waals surface area contributed by atoms with Gasteiger partial charge in [0, 0.05) is 11.4 Å². The van der Waals surface area contributed by atoms with E-state index in [1.165, 1.54) is 0 Å². The molecule has 5 heteroatoms. The van der Waals surface area contributed by atoms with E-state index in [0.29, 0.717) is 4.90 Å². The highest BCUT2D eigenvalue weighted by atomic mass is 35.5. The summed E-state index contributed by atoms with van der Waals surface area (Å²) in [4.78, 5) is 0.297. The van der Waals surface area contributed by atoms with E-state index in [4.69, 9.17) is 11.6 Å². The van der Waals surface area contributed by atoms with Crippen molar-refractivity contribution >= 4 is 21.6 Å². The number of hydrogen-bond donors (Lipinski definition) is 1. The van der Waals surface area contributed by atoms with Crippen molar-refractivity contribution in [2.75, 3.05) is 0 Å². The van der Waals surface area contributed by atoms with Crippen molar-refractivity contribution in [2.24, 2.45) is 0 Å². The molecular weight excluding hydrogens is 246 g/mol. The fourth-order valence-corrected chi connectivity index (χ4v) is 3.66. The minimum absolute atomic E-state index is 0.0847. The van der Waals surface area contributed by atoms with E-state index in [-0.39, 0.29) is 11.4 Å². The van der Waals surface area contributed by atoms with E-state index in [2.05, 4.69) is 4.72 Å². The first-order chi connectivity index (χ1) is 7.59. The second-order valence-corrected chi connectivity index (χ2v) is 6.26. The topological polar surface area (TPSA) is 46.2 Å². The second kappa shape index (κ2) is 4.73. The Morgan fingerprint density at radius 3 is 2.44 bits per heavy atom. The molecule has 2 unspecified atom stereocenters. The molecule has 0 aliphatic heterocycles. The highest BCUT2D eigenvalue weighted by Crippen LogP contribution is 2.25. The molecule has 3 nitrogen and oxygen atoms in total. The van der Waals surface area contributed by atoms with Crippen LogP contribution in [0.25, 0.3) is 0 Å². The van der Waals surface area contributed by atoms with Gasteiger partial charge in [0.2, 0.25) is 10.0 Å². The molecule has 0 heterocycles. The van der Waals surface area contributed by atoms with E-state index >= 15 is 0 Å². The molecule has 2 atom stereocenters. The van der Waals surface area contributed by atoms with Gasteiger partial charge in [-0.3, -0.25) is 0 Å². The van der Waals surface area contributed by atoms with E-state index in [1.807, 2.05) is 0 Å². The summed E-state index contributed by atoms with van der Waals surface area (Å²) in [5.74, 6) is 0. The number of alkyl halides is 1. The number of sulfonamides is 1. The van der Waals surface area contributed by atoms with Crippen molar-refractivity contribution < 1.29 is 8.42 Å². The molecule has 0 bridgehead atoms. The summed E-state index contributed by atoms with van der Waals surface area (Å²) in [7, 11) is -3.41. The Balaban J connectivity index is 2.15. The summed E-state index contributed by atoms with van der Waals surface area (Å²) in [6.45, 7) is 0. The maximum atomic E-state index is 12.0. The smallest absolute Gasteiger partial charge is 0.207 e. The lowest BCUT2D eigenvalue weighted by Crippen LogP contribution is -2.37. The molecule has 0 radical (unpaired) electrons. The van der Waals surface area contributed by atoms with Crippen LogP contribution >= 0.6 is 11.6 Å². The largest absolute Gasteiger partial charge is 0.240 e. The number of benzene rings is 1. The molecule has 1 aromatic rings. The highest BCUT2D eigenvalue weighted by Gasteiger charge is 2.29. The predicted octanol–water partition coefficient (Wildman–Crippen LogP) is 2.12. The Hall–Kier alpha value is -0.580. The molecule has 0 spiro atoms. The minimum atomic E-state index is -3.41. The summed E-state index contributed by atoms with van der Waals surface area (Å²) in [5.41, 5.74) is 0. The molecule has 1 saturated carbocycles. The third kappa shape index (κ3) is 2.56. The first-order valence-electron chi connectivity index (χ1n) is 5.31. The normalized spacial score (nSPS) is 25.8. The van der Waals surface area contributed by atoms with Crippen LogP contribution in [0.15, 0.2) is 35.2 Å². The molecular formula is C11H14ClNO2S. The van der Waals surface area contributed by atoms with E-state index in [1.54, 1.807) is 30.3 Å². The van der Waals surface area contributed by atoms with Gasteiger partial charge in [-0.25, -0.2) is 13.1 Å². The lowest BCUT2D eigenvalue weighted by molar-refractivity contribution is 0.554. The number of hydrogen-bond acceptors (Lipinski definition) is 2. The van der Waals surface area contributed by atoms with E-state index in [0.717, 1.165) is 19.3 Å². The monoisotopic (exact) mass is 259 g/mol. The highest BCUT2D eigenvalue weighted by molar-refractivity contribution is 7.89. The van der Waals surface area contributed by atoms with Crippen molar-refractivity contribution in [1.29, 1.82) is 0 Å². The van der Waals surface area contributed by atoms with Gasteiger partial charge in [-0.1, -0.05) is 24.6 Å². The lowest BCUT2D eigenvalue weighted by atomic mass is 10.3. The maximum Gasteiger partial charge on any atom is 0.240 e. The van der Waals surface area contributed by atoms with Crippen LogP contribution in [0, 0.1) is 0 Å². The first-order valence-corrected chi connectivity index (χ1v) is 7.23. The lowest BCUT2D eigenvalue weighted by Gasteiger charge is -2.15. The van der Waals surface area contributed by atoms with Gasteiger partial charge in [0.15, 0.2) is 0 Å². The summed E-state index contributed by atoms with van der Waals surface area (Å²) in [6, 6.07) is 8.25. The third-order valence-electron chi connectivity index (χ3n) is 2.79. The van der Waals surface area contributed by atoms with Gasteiger partial charge in [0.25, 0.3) is 0 Å².